The van der Waals surface area contributed by atoms with Crippen LogP contribution in [0, 0.1) is 0 Å². The van der Waals surface area contributed by atoms with Crippen LogP contribution in [0.1, 0.15) is 25.5 Å². The van der Waals surface area contributed by atoms with Gasteiger partial charge < -0.3 is 11.1 Å². The molecule has 0 bridgehead atoms. The number of carbonyl (C=O) groups excluding carboxylic acids is 1. The third kappa shape index (κ3) is 4.53. The zero-order valence-corrected chi connectivity index (χ0v) is 14.9. The van der Waals surface area contributed by atoms with E-state index in [9.17, 15) is 13.2 Å². The van der Waals surface area contributed by atoms with Gasteiger partial charge in [-0.15, -0.1) is 0 Å². The number of rotatable bonds is 6. The summed E-state index contributed by atoms with van der Waals surface area (Å²) in [7, 11) is -3.50. The van der Waals surface area contributed by atoms with Crippen LogP contribution in [0.3, 0.4) is 0 Å². The fraction of sp³-hybridized carbons (Fsp3) is 0.353. The summed E-state index contributed by atoms with van der Waals surface area (Å²) in [4.78, 5) is 12.5. The van der Waals surface area contributed by atoms with Crippen molar-refractivity contribution in [2.75, 3.05) is 12.8 Å². The van der Waals surface area contributed by atoms with Crippen molar-refractivity contribution in [1.82, 2.24) is 10.0 Å². The van der Waals surface area contributed by atoms with Crippen molar-refractivity contribution in [2.24, 2.45) is 5.73 Å². The molecule has 1 atom stereocenters. The lowest BCUT2D eigenvalue weighted by atomic mass is 10.00. The van der Waals surface area contributed by atoms with Crippen LogP contribution < -0.4 is 15.8 Å². The number of nitrogens with one attached hydrogen (secondary N) is 2. The summed E-state index contributed by atoms with van der Waals surface area (Å²) >= 11 is 0. The number of fused-ring (bicyclic) bond motifs is 1. The van der Waals surface area contributed by atoms with E-state index in [0.717, 1.165) is 22.6 Å². The van der Waals surface area contributed by atoms with Crippen molar-refractivity contribution < 1.29 is 13.2 Å². The van der Waals surface area contributed by atoms with Crippen LogP contribution in [0.25, 0.3) is 10.8 Å². The number of carbonyl (C=O) groups is 1. The van der Waals surface area contributed by atoms with Crippen molar-refractivity contribution in [3.8, 4) is 0 Å². The van der Waals surface area contributed by atoms with Crippen molar-refractivity contribution >= 4 is 26.7 Å². The Morgan fingerprint density at radius 3 is 2.38 bits per heavy atom. The zero-order valence-electron chi connectivity index (χ0n) is 14.0. The second-order valence-electron chi connectivity index (χ2n) is 6.37. The fourth-order valence-electron chi connectivity index (χ4n) is 2.55. The molecule has 7 heteroatoms. The molecule has 1 amide bonds. The molecule has 2 aromatic rings. The molecule has 0 fully saturated rings. The normalized spacial score (nSPS) is 13.7. The summed E-state index contributed by atoms with van der Waals surface area (Å²) in [5.41, 5.74) is 5.42. The van der Waals surface area contributed by atoms with Gasteiger partial charge in [0, 0.05) is 6.54 Å². The van der Waals surface area contributed by atoms with Gasteiger partial charge in [0.05, 0.1) is 12.3 Å². The van der Waals surface area contributed by atoms with Crippen LogP contribution in [0.5, 0.6) is 0 Å². The van der Waals surface area contributed by atoms with Gasteiger partial charge in [-0.2, -0.15) is 0 Å². The highest BCUT2D eigenvalue weighted by molar-refractivity contribution is 7.88. The molecule has 24 heavy (non-hydrogen) atoms. The molecule has 0 aliphatic carbocycles. The molecule has 6 nitrogen and oxygen atoms in total. The average Bonchev–Trinajstić information content (AvgIpc) is 2.49. The highest BCUT2D eigenvalue weighted by atomic mass is 32.2. The van der Waals surface area contributed by atoms with E-state index < -0.39 is 27.5 Å². The Kier molecular flexibility index (Phi) is 5.27. The number of hydrogen-bond donors (Lipinski definition) is 3. The SMILES string of the molecule is CC(C)(NS(C)(=O)=O)C(=O)NC(CN)c1ccc2ccccc2c1. The molecule has 0 saturated heterocycles. The molecular weight excluding hydrogens is 326 g/mol. The Labute approximate surface area is 142 Å². The van der Waals surface area contributed by atoms with Gasteiger partial charge in [0.1, 0.15) is 5.54 Å². The molecule has 0 saturated carbocycles. The van der Waals surface area contributed by atoms with E-state index in [1.165, 1.54) is 13.8 Å². The Balaban J connectivity index is 2.22. The van der Waals surface area contributed by atoms with E-state index in [2.05, 4.69) is 10.0 Å². The molecule has 0 aliphatic heterocycles. The Morgan fingerprint density at radius 1 is 1.17 bits per heavy atom. The first-order valence-corrected chi connectivity index (χ1v) is 9.50. The highest BCUT2D eigenvalue weighted by Crippen LogP contribution is 2.20. The third-order valence-corrected chi connectivity index (χ3v) is 4.61. The molecule has 0 spiro atoms. The van der Waals surface area contributed by atoms with Gasteiger partial charge in [0.25, 0.3) is 0 Å². The first kappa shape index (κ1) is 18.4. The standard InChI is InChI=1S/C17H23N3O3S/c1-17(2,20-24(3,22)23)16(21)19-15(11-18)14-9-8-12-6-4-5-7-13(12)10-14/h4-10,15,20H,11,18H2,1-3H3,(H,19,21). The third-order valence-electron chi connectivity index (χ3n) is 3.73. The van der Waals surface area contributed by atoms with Gasteiger partial charge in [-0.25, -0.2) is 13.1 Å². The lowest BCUT2D eigenvalue weighted by Gasteiger charge is -2.27. The molecule has 0 radical (unpaired) electrons. The number of sulfonamides is 1. The van der Waals surface area contributed by atoms with Crippen molar-refractivity contribution in [3.05, 3.63) is 48.0 Å². The molecule has 130 valence electrons. The summed E-state index contributed by atoms with van der Waals surface area (Å²) in [6.07, 6.45) is 1.02. The summed E-state index contributed by atoms with van der Waals surface area (Å²) in [5.74, 6) is -0.434. The molecule has 2 aromatic carbocycles. The maximum atomic E-state index is 12.5. The van der Waals surface area contributed by atoms with Crippen LogP contribution in [0.2, 0.25) is 0 Å². The predicted molar refractivity (Wildman–Crippen MR) is 95.9 cm³/mol. The van der Waals surface area contributed by atoms with Crippen LogP contribution in [-0.2, 0) is 14.8 Å². The molecule has 0 heterocycles. The van der Waals surface area contributed by atoms with E-state index in [-0.39, 0.29) is 6.54 Å². The number of nitrogens with two attached hydrogens (primary N) is 1. The van der Waals surface area contributed by atoms with E-state index >= 15 is 0 Å². The topological polar surface area (TPSA) is 101 Å². The number of amides is 1. The minimum atomic E-state index is -3.50. The highest BCUT2D eigenvalue weighted by Gasteiger charge is 2.32. The van der Waals surface area contributed by atoms with Gasteiger partial charge in [-0.1, -0.05) is 36.4 Å². The summed E-state index contributed by atoms with van der Waals surface area (Å²) in [5, 5.41) is 4.97. The van der Waals surface area contributed by atoms with Gasteiger partial charge in [-0.05, 0) is 36.2 Å². The molecular formula is C17H23N3O3S. The van der Waals surface area contributed by atoms with Crippen LogP contribution >= 0.6 is 0 Å². The largest absolute Gasteiger partial charge is 0.346 e. The lowest BCUT2D eigenvalue weighted by molar-refractivity contribution is -0.126. The smallest absolute Gasteiger partial charge is 0.241 e. The average molecular weight is 349 g/mol. The predicted octanol–water partition coefficient (Wildman–Crippen LogP) is 1.28. The Bertz CT molecular complexity index is 847. The molecule has 4 N–H and O–H groups in total. The van der Waals surface area contributed by atoms with Gasteiger partial charge >= 0.3 is 0 Å². The van der Waals surface area contributed by atoms with Gasteiger partial charge in [-0.3, -0.25) is 4.79 Å². The van der Waals surface area contributed by atoms with E-state index in [1.54, 1.807) is 0 Å². The maximum Gasteiger partial charge on any atom is 0.241 e. The fourth-order valence-corrected chi connectivity index (χ4v) is 3.57. The Hall–Kier alpha value is -1.96. The van der Waals surface area contributed by atoms with E-state index in [1.807, 2.05) is 42.5 Å². The van der Waals surface area contributed by atoms with Crippen LogP contribution in [0.4, 0.5) is 0 Å². The molecule has 0 aliphatic rings. The van der Waals surface area contributed by atoms with Crippen LogP contribution in [0.15, 0.2) is 42.5 Å². The minimum absolute atomic E-state index is 0.207. The lowest BCUT2D eigenvalue weighted by Crippen LogP contribution is -2.55. The summed E-state index contributed by atoms with van der Waals surface area (Å²) in [6, 6.07) is 13.4. The van der Waals surface area contributed by atoms with Crippen LogP contribution in [-0.4, -0.2) is 32.7 Å². The second-order valence-corrected chi connectivity index (χ2v) is 8.12. The maximum absolute atomic E-state index is 12.5. The minimum Gasteiger partial charge on any atom is -0.346 e. The van der Waals surface area contributed by atoms with Crippen molar-refractivity contribution in [2.45, 2.75) is 25.4 Å². The van der Waals surface area contributed by atoms with Crippen molar-refractivity contribution in [1.29, 1.82) is 0 Å². The molecule has 2 rings (SSSR count). The zero-order chi connectivity index (χ0) is 18.0. The first-order chi connectivity index (χ1) is 11.1. The van der Waals surface area contributed by atoms with Gasteiger partial charge in [0.2, 0.25) is 15.9 Å². The summed E-state index contributed by atoms with van der Waals surface area (Å²) in [6.45, 7) is 3.23. The van der Waals surface area contributed by atoms with E-state index in [0.29, 0.717) is 0 Å². The quantitative estimate of drug-likeness (QED) is 0.731. The molecule has 0 aromatic heterocycles. The first-order valence-electron chi connectivity index (χ1n) is 7.61. The number of hydrogen-bond acceptors (Lipinski definition) is 4. The van der Waals surface area contributed by atoms with Crippen molar-refractivity contribution in [3.63, 3.8) is 0 Å². The van der Waals surface area contributed by atoms with Gasteiger partial charge in [0.15, 0.2) is 0 Å². The number of benzene rings is 2. The Morgan fingerprint density at radius 2 is 1.79 bits per heavy atom. The second kappa shape index (κ2) is 6.88. The summed E-state index contributed by atoms with van der Waals surface area (Å²) < 4.78 is 25.1. The monoisotopic (exact) mass is 349 g/mol. The molecule has 1 unspecified atom stereocenters. The van der Waals surface area contributed by atoms with E-state index in [4.69, 9.17) is 5.73 Å².